The van der Waals surface area contributed by atoms with E-state index in [4.69, 9.17) is 9.47 Å². The van der Waals surface area contributed by atoms with Crippen LogP contribution in [0.15, 0.2) is 59.6 Å². The molecule has 1 aromatic heterocycles. The van der Waals surface area contributed by atoms with Gasteiger partial charge in [0.25, 0.3) is 10.0 Å². The number of para-hydroxylation sites is 2. The normalized spacial score (nSPS) is 14.8. The molecule has 1 heterocycles. The number of esters is 1. The summed E-state index contributed by atoms with van der Waals surface area (Å²) in [5.74, 6) is 0.370. The molecule has 0 saturated heterocycles. The van der Waals surface area contributed by atoms with Crippen molar-refractivity contribution >= 4 is 32.5 Å². The second kappa shape index (κ2) is 9.56. The minimum atomic E-state index is -3.96. The quantitative estimate of drug-likeness (QED) is 0.516. The molecule has 0 amide bonds. The van der Waals surface area contributed by atoms with Crippen molar-refractivity contribution in [2.45, 2.75) is 37.0 Å². The Kier molecular flexibility index (Phi) is 6.60. The number of hydrogen-bond donors (Lipinski definition) is 1. The first kappa shape index (κ1) is 22.1. The van der Waals surface area contributed by atoms with Gasteiger partial charge < -0.3 is 9.47 Å². The Balaban J connectivity index is 1.63. The maximum Gasteiger partial charge on any atom is 0.357 e. The number of pyridine rings is 1. The lowest BCUT2D eigenvalue weighted by atomic mass is 9.90. The Labute approximate surface area is 187 Å². The predicted molar refractivity (Wildman–Crippen MR) is 122 cm³/mol. The third kappa shape index (κ3) is 4.70. The Morgan fingerprint density at radius 2 is 1.81 bits per heavy atom. The fraction of sp³-hybridized carbons (Fsp3) is 0.333. The summed E-state index contributed by atoms with van der Waals surface area (Å²) >= 11 is 0. The van der Waals surface area contributed by atoms with Gasteiger partial charge in [0.05, 0.1) is 24.3 Å². The number of carbonyl (C=O) groups is 1. The van der Waals surface area contributed by atoms with Crippen molar-refractivity contribution in [1.82, 2.24) is 4.98 Å². The molecule has 2 aromatic carbocycles. The van der Waals surface area contributed by atoms with E-state index in [-0.39, 0.29) is 10.6 Å². The molecule has 1 saturated carbocycles. The molecule has 0 bridgehead atoms. The highest BCUT2D eigenvalue weighted by atomic mass is 32.2. The van der Waals surface area contributed by atoms with Crippen LogP contribution in [-0.4, -0.2) is 33.1 Å². The highest BCUT2D eigenvalue weighted by Crippen LogP contribution is 2.31. The van der Waals surface area contributed by atoms with Gasteiger partial charge in [-0.25, -0.2) is 18.2 Å². The molecular weight excluding hydrogens is 428 g/mol. The van der Waals surface area contributed by atoms with Crippen molar-refractivity contribution in [2.24, 2.45) is 5.92 Å². The summed E-state index contributed by atoms with van der Waals surface area (Å²) in [7, 11) is -2.71. The SMILES string of the molecule is COC(=O)c1nccc2c(S(=O)(=O)Nc3ccccc3OCC3CCCCC3)cccc12. The number of nitrogens with one attached hydrogen (secondary N) is 1. The molecule has 3 aromatic rings. The van der Waals surface area contributed by atoms with Gasteiger partial charge in [-0.15, -0.1) is 0 Å². The van der Waals surface area contributed by atoms with E-state index >= 15 is 0 Å². The summed E-state index contributed by atoms with van der Waals surface area (Å²) < 4.78 is 40.1. The number of rotatable bonds is 7. The van der Waals surface area contributed by atoms with Gasteiger partial charge in [0.15, 0.2) is 5.69 Å². The molecule has 0 unspecified atom stereocenters. The smallest absolute Gasteiger partial charge is 0.357 e. The van der Waals surface area contributed by atoms with Crippen molar-refractivity contribution in [2.75, 3.05) is 18.4 Å². The summed E-state index contributed by atoms with van der Waals surface area (Å²) in [5, 5.41) is 0.792. The number of sulfonamides is 1. The van der Waals surface area contributed by atoms with Crippen LogP contribution in [0.5, 0.6) is 5.75 Å². The fourth-order valence-electron chi connectivity index (χ4n) is 4.11. The minimum Gasteiger partial charge on any atom is -0.491 e. The van der Waals surface area contributed by atoms with E-state index in [1.807, 2.05) is 6.07 Å². The fourth-order valence-corrected chi connectivity index (χ4v) is 5.40. The molecule has 0 spiro atoms. The van der Waals surface area contributed by atoms with Crippen LogP contribution in [0.3, 0.4) is 0 Å². The van der Waals surface area contributed by atoms with Gasteiger partial charge in [-0.2, -0.15) is 0 Å². The average Bonchev–Trinajstić information content (AvgIpc) is 2.82. The van der Waals surface area contributed by atoms with Crippen LogP contribution in [0, 0.1) is 5.92 Å². The Morgan fingerprint density at radius 1 is 1.03 bits per heavy atom. The largest absolute Gasteiger partial charge is 0.491 e. The molecule has 7 nitrogen and oxygen atoms in total. The third-order valence-corrected chi connectivity index (χ3v) is 7.19. The molecule has 1 aliphatic rings. The molecule has 0 radical (unpaired) electrons. The predicted octanol–water partition coefficient (Wildman–Crippen LogP) is 4.78. The summed E-state index contributed by atoms with van der Waals surface area (Å²) in [4.78, 5) is 16.2. The lowest BCUT2D eigenvalue weighted by Crippen LogP contribution is -2.17. The van der Waals surface area contributed by atoms with Gasteiger partial charge in [0, 0.05) is 17.0 Å². The summed E-state index contributed by atoms with van der Waals surface area (Å²) in [5.41, 5.74) is 0.445. The molecule has 8 heteroatoms. The summed E-state index contributed by atoms with van der Waals surface area (Å²) in [6, 6.07) is 13.3. The lowest BCUT2D eigenvalue weighted by molar-refractivity contribution is 0.0596. The van der Waals surface area contributed by atoms with E-state index in [9.17, 15) is 13.2 Å². The van der Waals surface area contributed by atoms with Gasteiger partial charge in [-0.1, -0.05) is 43.5 Å². The van der Waals surface area contributed by atoms with Crippen LogP contribution in [0.1, 0.15) is 42.6 Å². The average molecular weight is 455 g/mol. The van der Waals surface area contributed by atoms with Gasteiger partial charge >= 0.3 is 5.97 Å². The highest BCUT2D eigenvalue weighted by Gasteiger charge is 2.22. The van der Waals surface area contributed by atoms with Crippen LogP contribution in [0.4, 0.5) is 5.69 Å². The van der Waals surface area contributed by atoms with Crippen LogP contribution in [0.2, 0.25) is 0 Å². The molecule has 1 aliphatic carbocycles. The number of nitrogens with zero attached hydrogens (tertiary/aromatic N) is 1. The first-order chi connectivity index (χ1) is 15.5. The molecule has 168 valence electrons. The zero-order chi connectivity index (χ0) is 22.6. The van der Waals surface area contributed by atoms with Crippen LogP contribution >= 0.6 is 0 Å². The first-order valence-corrected chi connectivity index (χ1v) is 12.2. The zero-order valence-corrected chi connectivity index (χ0v) is 18.7. The number of carbonyl (C=O) groups excluding carboxylic acids is 1. The van der Waals surface area contributed by atoms with Gasteiger partial charge in [0.1, 0.15) is 5.75 Å². The van der Waals surface area contributed by atoms with Crippen molar-refractivity contribution in [3.8, 4) is 5.75 Å². The van der Waals surface area contributed by atoms with E-state index in [0.29, 0.717) is 34.7 Å². The van der Waals surface area contributed by atoms with Crippen molar-refractivity contribution in [1.29, 1.82) is 0 Å². The number of anilines is 1. The van der Waals surface area contributed by atoms with E-state index in [0.717, 1.165) is 12.8 Å². The number of benzene rings is 2. The van der Waals surface area contributed by atoms with Crippen LogP contribution in [-0.2, 0) is 14.8 Å². The van der Waals surface area contributed by atoms with E-state index in [1.54, 1.807) is 36.4 Å². The number of hydrogen-bond acceptors (Lipinski definition) is 6. The van der Waals surface area contributed by atoms with Crippen LogP contribution < -0.4 is 9.46 Å². The third-order valence-electron chi connectivity index (χ3n) is 5.77. The van der Waals surface area contributed by atoms with E-state index in [1.165, 1.54) is 38.6 Å². The molecule has 32 heavy (non-hydrogen) atoms. The second-order valence-electron chi connectivity index (χ2n) is 7.92. The second-order valence-corrected chi connectivity index (χ2v) is 9.57. The molecule has 0 aliphatic heterocycles. The van der Waals surface area contributed by atoms with E-state index < -0.39 is 16.0 Å². The van der Waals surface area contributed by atoms with Crippen molar-refractivity contribution in [3.05, 3.63) is 60.4 Å². The van der Waals surface area contributed by atoms with Gasteiger partial charge in [-0.05, 0) is 43.0 Å². The molecule has 1 N–H and O–H groups in total. The van der Waals surface area contributed by atoms with Gasteiger partial charge in [0.2, 0.25) is 0 Å². The minimum absolute atomic E-state index is 0.0460. The highest BCUT2D eigenvalue weighted by molar-refractivity contribution is 7.93. The number of ether oxygens (including phenoxy) is 2. The first-order valence-electron chi connectivity index (χ1n) is 10.7. The zero-order valence-electron chi connectivity index (χ0n) is 17.9. The Hall–Kier alpha value is -3.13. The number of aromatic nitrogens is 1. The van der Waals surface area contributed by atoms with Crippen LogP contribution in [0.25, 0.3) is 10.8 Å². The maximum absolute atomic E-state index is 13.3. The molecule has 4 rings (SSSR count). The Bertz CT molecular complexity index is 1220. The van der Waals surface area contributed by atoms with Crippen molar-refractivity contribution in [3.63, 3.8) is 0 Å². The monoisotopic (exact) mass is 454 g/mol. The van der Waals surface area contributed by atoms with E-state index in [2.05, 4.69) is 9.71 Å². The molecular formula is C24H26N2O5S. The summed E-state index contributed by atoms with van der Waals surface area (Å²) in [6.45, 7) is 0.571. The lowest BCUT2D eigenvalue weighted by Gasteiger charge is -2.22. The topological polar surface area (TPSA) is 94.6 Å². The molecule has 1 fully saturated rings. The van der Waals surface area contributed by atoms with Crippen molar-refractivity contribution < 1.29 is 22.7 Å². The van der Waals surface area contributed by atoms with Gasteiger partial charge in [-0.3, -0.25) is 4.72 Å². The number of methoxy groups -OCH3 is 1. The maximum atomic E-state index is 13.3. The molecule has 0 atom stereocenters. The number of fused-ring (bicyclic) bond motifs is 1. The standard InChI is InChI=1S/C24H26N2O5S/c1-30-24(27)23-19-10-7-13-22(18(19)14-15-25-23)32(28,29)26-20-11-5-6-12-21(20)31-16-17-8-3-2-4-9-17/h5-7,10-15,17,26H,2-4,8-9,16H2,1H3. The Morgan fingerprint density at radius 3 is 2.59 bits per heavy atom. The summed E-state index contributed by atoms with van der Waals surface area (Å²) in [6.07, 6.45) is 7.37.